The van der Waals surface area contributed by atoms with E-state index in [1.165, 1.54) is 32.1 Å². The molecule has 1 amide bonds. The van der Waals surface area contributed by atoms with Crippen LogP contribution in [0.3, 0.4) is 0 Å². The predicted molar refractivity (Wildman–Crippen MR) is 101 cm³/mol. The highest BCUT2D eigenvalue weighted by molar-refractivity contribution is 6.31. The molecule has 3 rings (SSSR count). The van der Waals surface area contributed by atoms with Crippen LogP contribution in [0.15, 0.2) is 24.3 Å². The van der Waals surface area contributed by atoms with Crippen molar-refractivity contribution in [3.8, 4) is 0 Å². The molecular formula is C20H29ClN2O2. The lowest BCUT2D eigenvalue weighted by atomic mass is 9.79. The highest BCUT2D eigenvalue weighted by Gasteiger charge is 2.38. The average Bonchev–Trinajstić information content (AvgIpc) is 2.67. The molecule has 1 aromatic carbocycles. The molecule has 1 aliphatic carbocycles. The van der Waals surface area contributed by atoms with Gasteiger partial charge in [0.15, 0.2) is 0 Å². The number of amides is 1. The molecule has 1 saturated heterocycles. The Morgan fingerprint density at radius 3 is 2.60 bits per heavy atom. The first-order chi connectivity index (χ1) is 12.2. The van der Waals surface area contributed by atoms with Gasteiger partial charge < -0.3 is 10.1 Å². The number of rotatable bonds is 6. The van der Waals surface area contributed by atoms with E-state index in [-0.39, 0.29) is 11.4 Å². The van der Waals surface area contributed by atoms with Crippen molar-refractivity contribution in [3.63, 3.8) is 0 Å². The lowest BCUT2D eigenvalue weighted by Gasteiger charge is -2.48. The molecule has 0 radical (unpaired) electrons. The Bertz CT molecular complexity index is 567. The van der Waals surface area contributed by atoms with Gasteiger partial charge in [-0.3, -0.25) is 9.69 Å². The Morgan fingerprint density at radius 1 is 1.16 bits per heavy atom. The van der Waals surface area contributed by atoms with E-state index in [1.807, 2.05) is 24.3 Å². The van der Waals surface area contributed by atoms with Crippen molar-refractivity contribution in [2.75, 3.05) is 32.8 Å². The van der Waals surface area contributed by atoms with Crippen LogP contribution in [0.1, 0.15) is 44.1 Å². The lowest BCUT2D eigenvalue weighted by molar-refractivity contribution is -0.122. The highest BCUT2D eigenvalue weighted by Crippen LogP contribution is 2.33. The first-order valence-corrected chi connectivity index (χ1v) is 9.90. The molecule has 4 nitrogen and oxygen atoms in total. The molecule has 5 heteroatoms. The van der Waals surface area contributed by atoms with Crippen molar-refractivity contribution in [2.24, 2.45) is 0 Å². The number of halogens is 1. The Balaban J connectivity index is 1.53. The van der Waals surface area contributed by atoms with Gasteiger partial charge in [-0.1, -0.05) is 49.1 Å². The van der Waals surface area contributed by atoms with Gasteiger partial charge in [-0.25, -0.2) is 0 Å². The van der Waals surface area contributed by atoms with E-state index in [0.717, 1.165) is 43.4 Å². The summed E-state index contributed by atoms with van der Waals surface area (Å²) in [7, 11) is 0. The maximum Gasteiger partial charge on any atom is 0.220 e. The van der Waals surface area contributed by atoms with Crippen LogP contribution in [-0.4, -0.2) is 49.2 Å². The molecule has 25 heavy (non-hydrogen) atoms. The maximum atomic E-state index is 12.4. The van der Waals surface area contributed by atoms with Gasteiger partial charge in [-0.05, 0) is 30.9 Å². The smallest absolute Gasteiger partial charge is 0.220 e. The first kappa shape index (κ1) is 18.7. The van der Waals surface area contributed by atoms with Gasteiger partial charge in [-0.15, -0.1) is 0 Å². The first-order valence-electron chi connectivity index (χ1n) is 9.53. The van der Waals surface area contributed by atoms with E-state index in [4.69, 9.17) is 16.3 Å². The zero-order valence-corrected chi connectivity index (χ0v) is 15.7. The maximum absolute atomic E-state index is 12.4. The fraction of sp³-hybridized carbons (Fsp3) is 0.650. The van der Waals surface area contributed by atoms with E-state index in [0.29, 0.717) is 12.8 Å². The fourth-order valence-corrected chi connectivity index (χ4v) is 4.38. The van der Waals surface area contributed by atoms with Crippen LogP contribution in [0.2, 0.25) is 5.02 Å². The molecule has 1 aliphatic heterocycles. The summed E-state index contributed by atoms with van der Waals surface area (Å²) in [5.74, 6) is 0.123. The van der Waals surface area contributed by atoms with E-state index in [1.54, 1.807) is 0 Å². The second kappa shape index (κ2) is 9.02. The second-order valence-corrected chi connectivity index (χ2v) is 7.66. The number of ether oxygens (including phenoxy) is 1. The lowest BCUT2D eigenvalue weighted by Crippen LogP contribution is -2.59. The predicted octanol–water partition coefficient (Wildman–Crippen LogP) is 3.42. The summed E-state index contributed by atoms with van der Waals surface area (Å²) in [6, 6.07) is 7.76. The number of carbonyl (C=O) groups is 1. The Morgan fingerprint density at radius 2 is 1.88 bits per heavy atom. The van der Waals surface area contributed by atoms with E-state index in [9.17, 15) is 4.79 Å². The van der Waals surface area contributed by atoms with Gasteiger partial charge in [0, 0.05) is 36.6 Å². The minimum atomic E-state index is 0.123. The van der Waals surface area contributed by atoms with Gasteiger partial charge in [0.05, 0.1) is 13.2 Å². The number of nitrogens with zero attached hydrogens (tertiary/aromatic N) is 1. The normalized spacial score (nSPS) is 21.0. The molecular weight excluding hydrogens is 336 g/mol. The number of hydrogen-bond donors (Lipinski definition) is 1. The molecule has 0 aromatic heterocycles. The Kier molecular flexibility index (Phi) is 6.74. The van der Waals surface area contributed by atoms with Crippen LogP contribution in [0.25, 0.3) is 0 Å². The summed E-state index contributed by atoms with van der Waals surface area (Å²) in [4.78, 5) is 15.0. The number of nitrogens with one attached hydrogen (secondary N) is 1. The topological polar surface area (TPSA) is 41.6 Å². The summed E-state index contributed by atoms with van der Waals surface area (Å²) in [5.41, 5.74) is 1.17. The van der Waals surface area contributed by atoms with Gasteiger partial charge in [-0.2, -0.15) is 0 Å². The molecule has 1 N–H and O–H groups in total. The zero-order valence-electron chi connectivity index (χ0n) is 14.9. The SMILES string of the molecule is O=C(CCc1ccccc1Cl)NCC1(N2CCOCC2)CCCCC1. The minimum Gasteiger partial charge on any atom is -0.379 e. The molecule has 0 bridgehead atoms. The Labute approximate surface area is 155 Å². The van der Waals surface area contributed by atoms with Crippen molar-refractivity contribution in [1.29, 1.82) is 0 Å². The van der Waals surface area contributed by atoms with Crippen molar-refractivity contribution < 1.29 is 9.53 Å². The molecule has 138 valence electrons. The van der Waals surface area contributed by atoms with E-state index in [2.05, 4.69) is 10.2 Å². The molecule has 0 spiro atoms. The third kappa shape index (κ3) is 4.96. The molecule has 1 saturated carbocycles. The van der Waals surface area contributed by atoms with Crippen LogP contribution in [-0.2, 0) is 16.0 Å². The second-order valence-electron chi connectivity index (χ2n) is 7.25. The molecule has 1 aromatic rings. The number of hydrogen-bond acceptors (Lipinski definition) is 3. The molecule has 2 fully saturated rings. The molecule has 0 atom stereocenters. The quantitative estimate of drug-likeness (QED) is 0.840. The summed E-state index contributed by atoms with van der Waals surface area (Å²) in [6.07, 6.45) is 7.36. The van der Waals surface area contributed by atoms with Crippen LogP contribution in [0.4, 0.5) is 0 Å². The average molecular weight is 365 g/mol. The summed E-state index contributed by atoms with van der Waals surface area (Å²) in [5, 5.41) is 3.96. The number of morpholine rings is 1. The zero-order chi connectivity index (χ0) is 17.5. The van der Waals surface area contributed by atoms with Crippen LogP contribution in [0, 0.1) is 0 Å². The van der Waals surface area contributed by atoms with Crippen molar-refractivity contribution in [2.45, 2.75) is 50.5 Å². The van der Waals surface area contributed by atoms with Gasteiger partial charge in [0.1, 0.15) is 0 Å². The molecule has 0 unspecified atom stereocenters. The van der Waals surface area contributed by atoms with Gasteiger partial charge in [0.2, 0.25) is 5.91 Å². The summed E-state index contributed by atoms with van der Waals surface area (Å²) >= 11 is 6.18. The van der Waals surface area contributed by atoms with E-state index < -0.39 is 0 Å². The van der Waals surface area contributed by atoms with Gasteiger partial charge in [0.25, 0.3) is 0 Å². The van der Waals surface area contributed by atoms with Crippen molar-refractivity contribution >= 4 is 17.5 Å². The summed E-state index contributed by atoms with van der Waals surface area (Å²) < 4.78 is 5.52. The standard InChI is InChI=1S/C20H29ClN2O2/c21-18-7-3-2-6-17(18)8-9-19(24)22-16-20(10-4-1-5-11-20)23-12-14-25-15-13-23/h2-3,6-7H,1,4-5,8-16H2,(H,22,24). The van der Waals surface area contributed by atoms with Crippen molar-refractivity contribution in [1.82, 2.24) is 10.2 Å². The van der Waals surface area contributed by atoms with E-state index >= 15 is 0 Å². The number of carbonyl (C=O) groups excluding carboxylic acids is 1. The van der Waals surface area contributed by atoms with Crippen LogP contribution < -0.4 is 5.32 Å². The monoisotopic (exact) mass is 364 g/mol. The van der Waals surface area contributed by atoms with Crippen molar-refractivity contribution in [3.05, 3.63) is 34.9 Å². The van der Waals surface area contributed by atoms with Crippen LogP contribution >= 0.6 is 11.6 Å². The van der Waals surface area contributed by atoms with Gasteiger partial charge >= 0.3 is 0 Å². The van der Waals surface area contributed by atoms with Crippen LogP contribution in [0.5, 0.6) is 0 Å². The third-order valence-corrected chi connectivity index (χ3v) is 6.03. The fourth-order valence-electron chi connectivity index (χ4n) is 4.15. The number of aryl methyl sites for hydroxylation is 1. The number of benzene rings is 1. The molecule has 1 heterocycles. The Hall–Kier alpha value is -1.10. The highest BCUT2D eigenvalue weighted by atomic mass is 35.5. The third-order valence-electron chi connectivity index (χ3n) is 5.66. The minimum absolute atomic E-state index is 0.123. The summed E-state index contributed by atoms with van der Waals surface area (Å²) in [6.45, 7) is 4.34. The largest absolute Gasteiger partial charge is 0.379 e. The molecule has 2 aliphatic rings.